The monoisotopic (exact) mass is 873 g/mol. The normalized spacial score (nSPS) is 21.3. The average molecular weight is 873 g/mol. The molecule has 9 nitrogen and oxygen atoms in total. The van der Waals surface area contributed by atoms with Crippen LogP contribution in [-0.2, 0) is 22.4 Å². The van der Waals surface area contributed by atoms with Crippen molar-refractivity contribution in [2.24, 2.45) is 16.8 Å². The van der Waals surface area contributed by atoms with Crippen LogP contribution in [0.25, 0.3) is 0 Å². The third kappa shape index (κ3) is 11.7. The minimum Gasteiger partial charge on any atom is -0.367 e. The third-order valence-corrected chi connectivity index (χ3v) is 13.8. The van der Waals surface area contributed by atoms with E-state index in [9.17, 15) is 14.4 Å². The van der Waals surface area contributed by atoms with Crippen molar-refractivity contribution in [3.05, 3.63) is 166 Å². The van der Waals surface area contributed by atoms with Crippen molar-refractivity contribution in [3.8, 4) is 0 Å². The zero-order chi connectivity index (χ0) is 46.8. The van der Waals surface area contributed by atoms with Gasteiger partial charge in [-0.2, -0.15) is 0 Å². The number of carbonyl (C=O) groups excluding carboxylic acids is 3. The molecule has 4 aliphatic rings. The third-order valence-electron chi connectivity index (χ3n) is 13.8. The number of aliphatic imine (C=N–C) groups is 1. The van der Waals surface area contributed by atoms with Gasteiger partial charge in [0.25, 0.3) is 0 Å². The highest BCUT2D eigenvalue weighted by Gasteiger charge is 2.35. The molecule has 65 heavy (non-hydrogen) atoms. The second-order valence-corrected chi connectivity index (χ2v) is 18.1. The molecule has 340 valence electrons. The van der Waals surface area contributed by atoms with E-state index in [4.69, 9.17) is 0 Å². The average Bonchev–Trinajstić information content (AvgIpc) is 3.59. The summed E-state index contributed by atoms with van der Waals surface area (Å²) in [7, 11) is 0. The molecule has 2 N–H and O–H groups in total. The van der Waals surface area contributed by atoms with E-state index in [2.05, 4.69) is 119 Å². The lowest BCUT2D eigenvalue weighted by atomic mass is 9.80. The van der Waals surface area contributed by atoms with Crippen molar-refractivity contribution in [2.45, 2.75) is 98.4 Å². The molecule has 2 heterocycles. The van der Waals surface area contributed by atoms with Crippen LogP contribution in [0.1, 0.15) is 101 Å². The molecule has 0 bridgehead atoms. The summed E-state index contributed by atoms with van der Waals surface area (Å²) in [5.41, 5.74) is 19.6. The summed E-state index contributed by atoms with van der Waals surface area (Å²) >= 11 is 0. The number of piperazine rings is 1. The summed E-state index contributed by atoms with van der Waals surface area (Å²) in [6.45, 7) is 33.9. The summed E-state index contributed by atoms with van der Waals surface area (Å²) in [6.07, 6.45) is 12.0. The number of allylic oxidation sites excluding steroid dienone is 6. The Kier molecular flexibility index (Phi) is 16.3. The molecule has 2 aromatic rings. The van der Waals surface area contributed by atoms with E-state index in [0.717, 1.165) is 133 Å². The van der Waals surface area contributed by atoms with Crippen LogP contribution in [0.4, 0.5) is 11.4 Å². The summed E-state index contributed by atoms with van der Waals surface area (Å²) in [4.78, 5) is 50.8. The standard InChI is InChI=1S/C56H68N6O3/c1-11-37(5)56(59-42(10)63)40(8)52(14-4)60-29-28-46(38(6)35-60)34-57-41(9)58-47-23-18-44(19-24-47)32-48(13-3)62-31-30-61(36-39(62)7)53-17-15-16-51-50(53)26-22-45(33-55(51)65)49-25-20-43(12-2)21-27-54(49)64/h11,14-19,23-24,34,39,45,49,58H,1-4,9,20-22,25-33,35-36H2,5-8,10H3,(H,59,63)/b52-40+,56-37-,57-34-/t39-,45?,49?/m1/s1. The van der Waals surface area contributed by atoms with E-state index in [1.54, 1.807) is 6.08 Å². The van der Waals surface area contributed by atoms with Gasteiger partial charge in [-0.15, -0.1) is 11.5 Å². The van der Waals surface area contributed by atoms with Gasteiger partial charge in [0.1, 0.15) is 11.6 Å². The highest BCUT2D eigenvalue weighted by molar-refractivity contribution is 6.00. The van der Waals surface area contributed by atoms with Gasteiger partial charge in [0.05, 0.1) is 5.70 Å². The van der Waals surface area contributed by atoms with Crippen molar-refractivity contribution in [1.29, 1.82) is 0 Å². The molecule has 2 aliphatic heterocycles. The zero-order valence-corrected chi connectivity index (χ0v) is 39.5. The highest BCUT2D eigenvalue weighted by Crippen LogP contribution is 2.39. The molecule has 2 aromatic carbocycles. The lowest BCUT2D eigenvalue weighted by molar-refractivity contribution is -0.124. The van der Waals surface area contributed by atoms with Gasteiger partial charge in [-0.05, 0) is 135 Å². The molecule has 1 amide bonds. The first kappa shape index (κ1) is 48.1. The molecule has 0 spiro atoms. The van der Waals surface area contributed by atoms with Gasteiger partial charge in [-0.1, -0.05) is 63.2 Å². The number of nitrogens with one attached hydrogen (secondary N) is 2. The molecular weight excluding hydrogens is 805 g/mol. The number of ketones is 2. The minimum atomic E-state index is -0.127. The maximum absolute atomic E-state index is 13.8. The molecule has 0 aromatic heterocycles. The molecule has 0 radical (unpaired) electrons. The quantitative estimate of drug-likeness (QED) is 0.0641. The van der Waals surface area contributed by atoms with Crippen LogP contribution in [0, 0.1) is 11.8 Å². The number of fused-ring (bicyclic) bond motifs is 1. The SMILES string of the molecule is C=C=C1CCC(=O)C(C2CCc3c(cccc3N3CCN(C(=C=C)Cc4ccc(NC(=C)/N=C\C5=C(C)CN(/C(C=C)=C(C)/C(NC(C)=O)=C(\C)C=C)CC5)cc4)[C@H](C)C3)C(=O)C2)CC1. The summed E-state index contributed by atoms with van der Waals surface area (Å²) in [5, 5.41) is 6.32. The number of benzene rings is 2. The largest absolute Gasteiger partial charge is 0.367 e. The minimum absolute atomic E-state index is 0.0705. The number of anilines is 2. The van der Waals surface area contributed by atoms with E-state index in [-0.39, 0.29) is 29.6 Å². The van der Waals surface area contributed by atoms with E-state index >= 15 is 0 Å². The summed E-state index contributed by atoms with van der Waals surface area (Å²) in [5.74, 6) is 0.891. The van der Waals surface area contributed by atoms with Crippen LogP contribution in [0.15, 0.2) is 155 Å². The van der Waals surface area contributed by atoms with Crippen molar-refractivity contribution in [3.63, 3.8) is 0 Å². The van der Waals surface area contributed by atoms with Crippen molar-refractivity contribution in [2.75, 3.05) is 42.9 Å². The van der Waals surface area contributed by atoms with Crippen LogP contribution in [-0.4, -0.2) is 72.3 Å². The number of hydrogen-bond acceptors (Lipinski definition) is 8. The predicted octanol–water partition coefficient (Wildman–Crippen LogP) is 10.7. The van der Waals surface area contributed by atoms with Gasteiger partial charge >= 0.3 is 0 Å². The number of carbonyl (C=O) groups is 3. The van der Waals surface area contributed by atoms with Crippen LogP contribution in [0.2, 0.25) is 0 Å². The summed E-state index contributed by atoms with van der Waals surface area (Å²) in [6, 6.07) is 14.7. The highest BCUT2D eigenvalue weighted by atomic mass is 16.1. The molecule has 2 unspecified atom stereocenters. The van der Waals surface area contributed by atoms with Crippen LogP contribution < -0.4 is 15.5 Å². The topological polar surface area (TPSA) is 97.3 Å². The predicted molar refractivity (Wildman–Crippen MR) is 268 cm³/mol. The molecular formula is C56H68N6O3. The van der Waals surface area contributed by atoms with Gasteiger partial charge in [0.15, 0.2) is 5.78 Å². The second-order valence-electron chi connectivity index (χ2n) is 18.1. The fourth-order valence-electron chi connectivity index (χ4n) is 10.1. The van der Waals surface area contributed by atoms with Gasteiger partial charge in [0.2, 0.25) is 5.91 Å². The number of nitrogens with zero attached hydrogens (tertiary/aromatic N) is 4. The Balaban J connectivity index is 1.03. The van der Waals surface area contributed by atoms with E-state index < -0.39 is 0 Å². The van der Waals surface area contributed by atoms with Gasteiger partial charge < -0.3 is 25.3 Å². The lowest BCUT2D eigenvalue weighted by Gasteiger charge is -2.43. The Morgan fingerprint density at radius 3 is 2.37 bits per heavy atom. The first-order valence-electron chi connectivity index (χ1n) is 23.2. The number of Topliss-reactive ketones (excluding diaryl/α,β-unsaturated/α-hetero) is 2. The molecule has 6 rings (SSSR count). The first-order valence-corrected chi connectivity index (χ1v) is 23.2. The fourth-order valence-corrected chi connectivity index (χ4v) is 10.1. The van der Waals surface area contributed by atoms with Crippen LogP contribution in [0.5, 0.6) is 0 Å². The van der Waals surface area contributed by atoms with Gasteiger partial charge in [-0.3, -0.25) is 14.4 Å². The lowest BCUT2D eigenvalue weighted by Crippen LogP contribution is -2.51. The number of hydrogen-bond donors (Lipinski definition) is 2. The second kappa shape index (κ2) is 22.0. The Morgan fingerprint density at radius 1 is 0.938 bits per heavy atom. The molecule has 1 saturated heterocycles. The first-order chi connectivity index (χ1) is 31.2. The molecule has 1 saturated carbocycles. The van der Waals surface area contributed by atoms with Crippen molar-refractivity contribution >= 4 is 35.1 Å². The van der Waals surface area contributed by atoms with Gasteiger partial charge in [0, 0.05) is 105 Å². The Morgan fingerprint density at radius 2 is 1.71 bits per heavy atom. The van der Waals surface area contributed by atoms with E-state index in [1.807, 2.05) is 38.3 Å². The molecule has 2 fully saturated rings. The fraction of sp³-hybridized carbons (Fsp3) is 0.393. The molecule has 2 aliphatic carbocycles. The Bertz CT molecular complexity index is 2450. The van der Waals surface area contributed by atoms with E-state index in [0.29, 0.717) is 30.9 Å². The maximum Gasteiger partial charge on any atom is 0.221 e. The molecule has 9 heteroatoms. The van der Waals surface area contributed by atoms with Crippen molar-refractivity contribution < 1.29 is 14.4 Å². The van der Waals surface area contributed by atoms with Gasteiger partial charge in [-0.25, -0.2) is 4.99 Å². The number of amides is 1. The molecule has 3 atom stereocenters. The Labute approximate surface area is 387 Å². The smallest absolute Gasteiger partial charge is 0.221 e. The summed E-state index contributed by atoms with van der Waals surface area (Å²) < 4.78 is 0. The van der Waals surface area contributed by atoms with Crippen molar-refractivity contribution in [1.82, 2.24) is 15.1 Å². The Hall–Kier alpha value is -6.40. The number of rotatable bonds is 14. The maximum atomic E-state index is 13.8. The zero-order valence-electron chi connectivity index (χ0n) is 39.5. The van der Waals surface area contributed by atoms with Crippen LogP contribution in [0.3, 0.4) is 0 Å². The van der Waals surface area contributed by atoms with Crippen LogP contribution >= 0.6 is 0 Å². The van der Waals surface area contributed by atoms with E-state index in [1.165, 1.54) is 18.1 Å².